The molecule has 2 saturated carbocycles. The normalized spacial score (nSPS) is 36.3. The summed E-state index contributed by atoms with van der Waals surface area (Å²) >= 11 is 0. The van der Waals surface area contributed by atoms with E-state index < -0.39 is 12.1 Å². The Morgan fingerprint density at radius 3 is 2.61 bits per heavy atom. The number of hydrogen-bond donors (Lipinski definition) is 1. The summed E-state index contributed by atoms with van der Waals surface area (Å²) in [7, 11) is 0. The smallest absolute Gasteiger partial charge is 0.316 e. The van der Waals surface area contributed by atoms with E-state index in [1.54, 1.807) is 0 Å². The van der Waals surface area contributed by atoms with E-state index in [0.717, 1.165) is 32.4 Å². The minimum atomic E-state index is -3.98. The first-order chi connectivity index (χ1) is 8.33. The summed E-state index contributed by atoms with van der Waals surface area (Å²) in [4.78, 5) is 0. The molecule has 3 unspecified atom stereocenters. The van der Waals surface area contributed by atoms with Crippen molar-refractivity contribution in [3.63, 3.8) is 0 Å². The Kier molecular flexibility index (Phi) is 3.96. The van der Waals surface area contributed by atoms with Gasteiger partial charge in [0.25, 0.3) is 0 Å². The molecule has 1 N–H and O–H groups in total. The lowest BCUT2D eigenvalue weighted by molar-refractivity contribution is -0.187. The predicted octanol–water partition coefficient (Wildman–Crippen LogP) is 3.99. The highest BCUT2D eigenvalue weighted by molar-refractivity contribution is 5.06. The molecule has 0 amide bonds. The summed E-state index contributed by atoms with van der Waals surface area (Å²) in [5.74, 6) is 0.0525. The van der Waals surface area contributed by atoms with Gasteiger partial charge in [0.15, 0.2) is 0 Å². The van der Waals surface area contributed by atoms with E-state index in [4.69, 9.17) is 0 Å². The Hall–Kier alpha value is -0.250. The highest BCUT2D eigenvalue weighted by Crippen LogP contribution is 2.63. The lowest BCUT2D eigenvalue weighted by Gasteiger charge is -2.31. The van der Waals surface area contributed by atoms with Crippen molar-refractivity contribution in [2.24, 2.45) is 23.2 Å². The summed E-state index contributed by atoms with van der Waals surface area (Å²) in [6, 6.07) is 0. The molecular formula is C14H24F3N. The van der Waals surface area contributed by atoms with E-state index in [2.05, 4.69) is 19.2 Å². The molecule has 2 aliphatic rings. The van der Waals surface area contributed by atoms with E-state index >= 15 is 0 Å². The molecule has 18 heavy (non-hydrogen) atoms. The van der Waals surface area contributed by atoms with Crippen LogP contribution < -0.4 is 5.32 Å². The second kappa shape index (κ2) is 5.03. The van der Waals surface area contributed by atoms with Crippen LogP contribution in [0.15, 0.2) is 0 Å². The van der Waals surface area contributed by atoms with Crippen molar-refractivity contribution in [2.45, 2.75) is 52.1 Å². The van der Waals surface area contributed by atoms with Crippen LogP contribution in [0.25, 0.3) is 0 Å². The van der Waals surface area contributed by atoms with E-state index in [-0.39, 0.29) is 5.41 Å². The monoisotopic (exact) mass is 263 g/mol. The van der Waals surface area contributed by atoms with Gasteiger partial charge in [0, 0.05) is 0 Å². The molecule has 0 heterocycles. The molecule has 1 spiro atoms. The Labute approximate surface area is 108 Å². The van der Waals surface area contributed by atoms with Crippen LogP contribution in [0.2, 0.25) is 0 Å². The van der Waals surface area contributed by atoms with E-state index in [9.17, 15) is 13.2 Å². The van der Waals surface area contributed by atoms with Crippen LogP contribution in [0.4, 0.5) is 13.2 Å². The van der Waals surface area contributed by atoms with Crippen LogP contribution in [-0.2, 0) is 0 Å². The largest absolute Gasteiger partial charge is 0.391 e. The lowest BCUT2D eigenvalue weighted by atomic mass is 9.77. The van der Waals surface area contributed by atoms with Gasteiger partial charge in [-0.25, -0.2) is 0 Å². The molecule has 106 valence electrons. The summed E-state index contributed by atoms with van der Waals surface area (Å²) in [6.45, 7) is 6.17. The number of halogens is 3. The first-order valence-corrected chi connectivity index (χ1v) is 7.11. The average molecular weight is 263 g/mol. The maximum atomic E-state index is 12.8. The molecule has 2 rings (SSSR count). The van der Waals surface area contributed by atoms with Gasteiger partial charge in [-0.05, 0) is 56.0 Å². The lowest BCUT2D eigenvalue weighted by Crippen LogP contribution is -2.31. The number of nitrogens with one attached hydrogen (secondary N) is 1. The third-order valence-corrected chi connectivity index (χ3v) is 4.65. The van der Waals surface area contributed by atoms with Gasteiger partial charge in [-0.3, -0.25) is 0 Å². The van der Waals surface area contributed by atoms with E-state index in [1.165, 1.54) is 0 Å². The second-order valence-electron chi connectivity index (χ2n) is 6.65. The average Bonchev–Trinajstić information content (AvgIpc) is 2.89. The Balaban J connectivity index is 1.80. The van der Waals surface area contributed by atoms with Crippen LogP contribution in [-0.4, -0.2) is 19.3 Å². The van der Waals surface area contributed by atoms with Gasteiger partial charge in [-0.2, -0.15) is 13.2 Å². The van der Waals surface area contributed by atoms with Crippen LogP contribution in [0.3, 0.4) is 0 Å². The highest BCUT2D eigenvalue weighted by atomic mass is 19.4. The van der Waals surface area contributed by atoms with Gasteiger partial charge in [-0.1, -0.05) is 20.3 Å². The number of alkyl halides is 3. The van der Waals surface area contributed by atoms with Crippen molar-refractivity contribution in [3.8, 4) is 0 Å². The van der Waals surface area contributed by atoms with E-state index in [0.29, 0.717) is 24.7 Å². The number of rotatable bonds is 4. The SMILES string of the molecule is CC(C)CNCC1CC12CCCC(C(F)(F)F)C2. The third-order valence-electron chi connectivity index (χ3n) is 4.65. The molecule has 3 atom stereocenters. The molecule has 0 aromatic rings. The maximum absolute atomic E-state index is 12.8. The summed E-state index contributed by atoms with van der Waals surface area (Å²) in [5.41, 5.74) is 0.0302. The Morgan fingerprint density at radius 2 is 2.00 bits per heavy atom. The molecule has 2 aliphatic carbocycles. The molecule has 0 radical (unpaired) electrons. The van der Waals surface area contributed by atoms with Crippen LogP contribution in [0, 0.1) is 23.2 Å². The van der Waals surface area contributed by atoms with Crippen molar-refractivity contribution in [3.05, 3.63) is 0 Å². The zero-order valence-corrected chi connectivity index (χ0v) is 11.3. The molecule has 0 aromatic heterocycles. The van der Waals surface area contributed by atoms with Crippen molar-refractivity contribution in [2.75, 3.05) is 13.1 Å². The molecule has 0 bridgehead atoms. The standard InChI is InChI=1S/C14H24F3N/c1-10(2)8-18-9-12-7-13(12)5-3-4-11(6-13)14(15,16)17/h10-12,18H,3-9H2,1-2H3. The molecule has 0 aliphatic heterocycles. The van der Waals surface area contributed by atoms with Gasteiger partial charge in [0.2, 0.25) is 0 Å². The van der Waals surface area contributed by atoms with Gasteiger partial charge in [0.05, 0.1) is 5.92 Å². The molecular weight excluding hydrogens is 239 g/mol. The second-order valence-corrected chi connectivity index (χ2v) is 6.65. The zero-order chi connectivity index (χ0) is 13.4. The van der Waals surface area contributed by atoms with Crippen LogP contribution >= 0.6 is 0 Å². The predicted molar refractivity (Wildman–Crippen MR) is 66.3 cm³/mol. The summed E-state index contributed by atoms with van der Waals surface area (Å²) in [6.07, 6.45) is -0.489. The van der Waals surface area contributed by atoms with Gasteiger partial charge < -0.3 is 5.32 Å². The number of hydrogen-bond acceptors (Lipinski definition) is 1. The minimum absolute atomic E-state index is 0.0302. The van der Waals surface area contributed by atoms with Crippen molar-refractivity contribution in [1.82, 2.24) is 5.32 Å². The van der Waals surface area contributed by atoms with Crippen LogP contribution in [0.1, 0.15) is 46.0 Å². The Bertz CT molecular complexity index is 287. The molecule has 0 saturated heterocycles. The van der Waals surface area contributed by atoms with Crippen LogP contribution in [0.5, 0.6) is 0 Å². The molecule has 2 fully saturated rings. The zero-order valence-electron chi connectivity index (χ0n) is 11.3. The first kappa shape index (κ1) is 14.2. The van der Waals surface area contributed by atoms with Gasteiger partial charge in [0.1, 0.15) is 0 Å². The fraction of sp³-hybridized carbons (Fsp3) is 1.00. The molecule has 1 nitrogen and oxygen atoms in total. The van der Waals surface area contributed by atoms with Crippen molar-refractivity contribution < 1.29 is 13.2 Å². The maximum Gasteiger partial charge on any atom is 0.391 e. The fourth-order valence-corrected chi connectivity index (χ4v) is 3.50. The quantitative estimate of drug-likeness (QED) is 0.808. The summed E-state index contributed by atoms with van der Waals surface area (Å²) < 4.78 is 38.3. The van der Waals surface area contributed by atoms with Gasteiger partial charge >= 0.3 is 6.18 Å². The third kappa shape index (κ3) is 3.19. The topological polar surface area (TPSA) is 12.0 Å². The Morgan fingerprint density at radius 1 is 1.28 bits per heavy atom. The molecule has 0 aromatic carbocycles. The van der Waals surface area contributed by atoms with Gasteiger partial charge in [-0.15, -0.1) is 0 Å². The molecule has 4 heteroatoms. The first-order valence-electron chi connectivity index (χ1n) is 7.11. The van der Waals surface area contributed by atoms with Crippen molar-refractivity contribution in [1.29, 1.82) is 0 Å². The summed E-state index contributed by atoms with van der Waals surface area (Å²) in [5, 5.41) is 3.39. The fourth-order valence-electron chi connectivity index (χ4n) is 3.50. The van der Waals surface area contributed by atoms with E-state index in [1.807, 2.05) is 0 Å². The van der Waals surface area contributed by atoms with Crippen molar-refractivity contribution >= 4 is 0 Å². The highest BCUT2D eigenvalue weighted by Gasteiger charge is 2.58. The minimum Gasteiger partial charge on any atom is -0.316 e.